The van der Waals surface area contributed by atoms with E-state index in [1.165, 1.54) is 26.2 Å². The fourth-order valence-electron chi connectivity index (χ4n) is 4.77. The predicted octanol–water partition coefficient (Wildman–Crippen LogP) is 2.67. The number of aromatic nitrogens is 1. The second-order valence-electron chi connectivity index (χ2n) is 8.37. The van der Waals surface area contributed by atoms with Crippen LogP contribution in [0, 0.1) is 5.92 Å². The average molecular weight is 369 g/mol. The van der Waals surface area contributed by atoms with E-state index in [0.29, 0.717) is 12.0 Å². The molecule has 0 bridgehead atoms. The Labute approximate surface area is 162 Å². The summed E-state index contributed by atoms with van der Waals surface area (Å²) in [5.41, 5.74) is 1.97. The summed E-state index contributed by atoms with van der Waals surface area (Å²) in [4.78, 5) is 20.3. The summed E-state index contributed by atoms with van der Waals surface area (Å²) in [6.45, 7) is 8.83. The molecule has 5 heteroatoms. The Bertz CT molecular complexity index is 798. The third-order valence-corrected chi connectivity index (χ3v) is 6.78. The number of hydrogen-bond donors (Lipinski definition) is 0. The molecule has 1 atom stereocenters. The summed E-state index contributed by atoms with van der Waals surface area (Å²) < 4.78 is 2.08. The average Bonchev–Trinajstić information content (AvgIpc) is 3.09. The number of hydrogen-bond acceptors (Lipinski definition) is 3. The quantitative estimate of drug-likeness (QED) is 0.835. The van der Waals surface area contributed by atoms with Crippen LogP contribution in [0.1, 0.15) is 30.1 Å². The number of fused-ring (bicyclic) bond motifs is 1. The van der Waals surface area contributed by atoms with Crippen LogP contribution in [-0.4, -0.2) is 77.5 Å². The largest absolute Gasteiger partial charge is 0.351 e. The second kappa shape index (κ2) is 7.64. The molecule has 0 saturated carbocycles. The highest BCUT2D eigenvalue weighted by molar-refractivity contribution is 6.06. The molecular formula is C22H32N4O. The van der Waals surface area contributed by atoms with Crippen LogP contribution in [0.3, 0.4) is 0 Å². The van der Waals surface area contributed by atoms with Crippen LogP contribution in [-0.2, 0) is 7.05 Å². The fourth-order valence-corrected chi connectivity index (χ4v) is 4.77. The van der Waals surface area contributed by atoms with Crippen molar-refractivity contribution < 1.29 is 4.79 Å². The van der Waals surface area contributed by atoms with Gasteiger partial charge in [0.25, 0.3) is 5.91 Å². The van der Waals surface area contributed by atoms with Gasteiger partial charge in [0.15, 0.2) is 0 Å². The monoisotopic (exact) mass is 368 g/mol. The van der Waals surface area contributed by atoms with E-state index in [9.17, 15) is 4.79 Å². The molecule has 2 fully saturated rings. The first-order valence-electron chi connectivity index (χ1n) is 10.3. The maximum atomic E-state index is 13.1. The molecule has 2 aliphatic rings. The molecule has 1 amide bonds. The number of benzene rings is 1. The van der Waals surface area contributed by atoms with Crippen molar-refractivity contribution in [3.63, 3.8) is 0 Å². The van der Waals surface area contributed by atoms with Crippen LogP contribution in [0.5, 0.6) is 0 Å². The zero-order chi connectivity index (χ0) is 19.0. The van der Waals surface area contributed by atoms with Crippen LogP contribution in [0.15, 0.2) is 30.5 Å². The minimum atomic E-state index is 0.192. The molecule has 1 aromatic carbocycles. The normalized spacial score (nSPS) is 21.7. The lowest BCUT2D eigenvalue weighted by atomic mass is 9.88. The first-order chi connectivity index (χ1) is 13.0. The molecule has 0 aliphatic carbocycles. The summed E-state index contributed by atoms with van der Waals surface area (Å²) in [5.74, 6) is 0.891. The lowest BCUT2D eigenvalue weighted by molar-refractivity contribution is 0.0501. The molecule has 2 aliphatic heterocycles. The number of aryl methyl sites for hydroxylation is 1. The van der Waals surface area contributed by atoms with Gasteiger partial charge in [0.05, 0.1) is 0 Å². The third kappa shape index (κ3) is 3.63. The van der Waals surface area contributed by atoms with Gasteiger partial charge < -0.3 is 14.4 Å². The predicted molar refractivity (Wildman–Crippen MR) is 110 cm³/mol. The Morgan fingerprint density at radius 1 is 1.00 bits per heavy atom. The number of piperazine rings is 1. The van der Waals surface area contributed by atoms with E-state index in [-0.39, 0.29) is 5.91 Å². The highest BCUT2D eigenvalue weighted by Gasteiger charge is 2.31. The molecule has 0 radical (unpaired) electrons. The van der Waals surface area contributed by atoms with Gasteiger partial charge in [-0.2, -0.15) is 0 Å². The number of carbonyl (C=O) groups is 1. The number of likely N-dealkylation sites (N-methyl/N-ethyl adjacent to an activating group) is 1. The Hall–Kier alpha value is -1.85. The molecule has 2 aromatic rings. The van der Waals surface area contributed by atoms with Gasteiger partial charge in [-0.3, -0.25) is 9.69 Å². The highest BCUT2D eigenvalue weighted by Crippen LogP contribution is 2.27. The zero-order valence-electron chi connectivity index (χ0n) is 16.9. The SMILES string of the molecule is C[C@H](C1CCN(C(=O)c2cccc3c2ccn3C)CC1)N1CCN(C)CC1. The van der Waals surface area contributed by atoms with E-state index >= 15 is 0 Å². The van der Waals surface area contributed by atoms with Crippen LogP contribution in [0.4, 0.5) is 0 Å². The summed E-state index contributed by atoms with van der Waals surface area (Å²) >= 11 is 0. The van der Waals surface area contributed by atoms with Gasteiger partial charge in [-0.05, 0) is 50.9 Å². The van der Waals surface area contributed by atoms with Crippen molar-refractivity contribution in [2.75, 3.05) is 46.3 Å². The molecule has 27 heavy (non-hydrogen) atoms. The maximum Gasteiger partial charge on any atom is 0.254 e. The Morgan fingerprint density at radius 3 is 2.41 bits per heavy atom. The Morgan fingerprint density at radius 2 is 1.70 bits per heavy atom. The third-order valence-electron chi connectivity index (χ3n) is 6.78. The summed E-state index contributed by atoms with van der Waals surface area (Å²) in [7, 11) is 4.24. The van der Waals surface area contributed by atoms with Crippen molar-refractivity contribution >= 4 is 16.8 Å². The first-order valence-corrected chi connectivity index (χ1v) is 10.3. The summed E-state index contributed by atoms with van der Waals surface area (Å²) in [5, 5.41) is 1.07. The molecule has 3 heterocycles. The number of rotatable bonds is 3. The van der Waals surface area contributed by atoms with Gasteiger partial charge in [-0.25, -0.2) is 0 Å². The molecule has 146 valence electrons. The highest BCUT2D eigenvalue weighted by atomic mass is 16.2. The lowest BCUT2D eigenvalue weighted by Gasteiger charge is -2.42. The number of piperidine rings is 1. The van der Waals surface area contributed by atoms with Crippen molar-refractivity contribution in [3.05, 3.63) is 36.0 Å². The molecule has 0 N–H and O–H groups in total. The minimum absolute atomic E-state index is 0.192. The standard InChI is InChI=1S/C22H32N4O/c1-17(25-15-13-23(2)14-16-25)18-7-11-26(12-8-18)22(27)20-5-4-6-21-19(20)9-10-24(21)3/h4-6,9-10,17-18H,7-8,11-16H2,1-3H3/t17-/m1/s1. The molecule has 5 nitrogen and oxygen atoms in total. The summed E-state index contributed by atoms with van der Waals surface area (Å²) in [6.07, 6.45) is 4.26. The van der Waals surface area contributed by atoms with E-state index in [4.69, 9.17) is 0 Å². The molecule has 2 saturated heterocycles. The molecule has 0 spiro atoms. The van der Waals surface area contributed by atoms with Gasteiger partial charge in [0.1, 0.15) is 0 Å². The zero-order valence-corrected chi connectivity index (χ0v) is 16.9. The van der Waals surface area contributed by atoms with E-state index in [1.54, 1.807) is 0 Å². The number of likely N-dealkylation sites (tertiary alicyclic amines) is 1. The van der Waals surface area contributed by atoms with Crippen LogP contribution in [0.25, 0.3) is 10.9 Å². The smallest absolute Gasteiger partial charge is 0.254 e. The van der Waals surface area contributed by atoms with Crippen molar-refractivity contribution in [1.29, 1.82) is 0 Å². The van der Waals surface area contributed by atoms with Crippen LogP contribution >= 0.6 is 0 Å². The molecule has 0 unspecified atom stereocenters. The van der Waals surface area contributed by atoms with E-state index in [1.807, 2.05) is 25.4 Å². The fraction of sp³-hybridized carbons (Fsp3) is 0.591. The maximum absolute atomic E-state index is 13.1. The van der Waals surface area contributed by atoms with Gasteiger partial charge in [0, 0.05) is 75.0 Å². The van der Waals surface area contributed by atoms with Crippen molar-refractivity contribution in [3.8, 4) is 0 Å². The number of carbonyl (C=O) groups excluding carboxylic acids is 1. The van der Waals surface area contributed by atoms with Crippen molar-refractivity contribution in [2.24, 2.45) is 13.0 Å². The Balaban J connectivity index is 1.39. The number of nitrogens with zero attached hydrogens (tertiary/aromatic N) is 4. The van der Waals surface area contributed by atoms with Crippen LogP contribution < -0.4 is 0 Å². The lowest BCUT2D eigenvalue weighted by Crippen LogP contribution is -2.52. The molecular weight excluding hydrogens is 336 g/mol. The van der Waals surface area contributed by atoms with Crippen LogP contribution in [0.2, 0.25) is 0 Å². The molecule has 4 rings (SSSR count). The van der Waals surface area contributed by atoms with E-state index in [2.05, 4.69) is 45.4 Å². The van der Waals surface area contributed by atoms with Gasteiger partial charge in [-0.1, -0.05) is 6.07 Å². The Kier molecular flexibility index (Phi) is 5.24. The van der Waals surface area contributed by atoms with E-state index in [0.717, 1.165) is 42.4 Å². The topological polar surface area (TPSA) is 31.7 Å². The van der Waals surface area contributed by atoms with Gasteiger partial charge >= 0.3 is 0 Å². The van der Waals surface area contributed by atoms with E-state index < -0.39 is 0 Å². The van der Waals surface area contributed by atoms with Gasteiger partial charge in [-0.15, -0.1) is 0 Å². The number of amides is 1. The van der Waals surface area contributed by atoms with Crippen molar-refractivity contribution in [1.82, 2.24) is 19.3 Å². The van der Waals surface area contributed by atoms with Gasteiger partial charge in [0.2, 0.25) is 0 Å². The summed E-state index contributed by atoms with van der Waals surface area (Å²) in [6, 6.07) is 8.73. The van der Waals surface area contributed by atoms with Crippen molar-refractivity contribution in [2.45, 2.75) is 25.8 Å². The minimum Gasteiger partial charge on any atom is -0.351 e. The second-order valence-corrected chi connectivity index (χ2v) is 8.37. The molecule has 1 aromatic heterocycles. The first kappa shape index (κ1) is 18.5.